The smallest absolute Gasteiger partial charge is 0.265 e. The van der Waals surface area contributed by atoms with Gasteiger partial charge >= 0.3 is 0 Å². The molecule has 2 aromatic rings. The quantitative estimate of drug-likeness (QED) is 0.842. The summed E-state index contributed by atoms with van der Waals surface area (Å²) < 4.78 is 5.43. The second-order valence-electron chi connectivity index (χ2n) is 6.23. The molecule has 2 amide bonds. The molecule has 25 heavy (non-hydrogen) atoms. The van der Waals surface area contributed by atoms with Crippen molar-refractivity contribution in [1.82, 2.24) is 4.90 Å². The van der Waals surface area contributed by atoms with Crippen molar-refractivity contribution in [3.05, 3.63) is 59.7 Å². The first-order valence-electron chi connectivity index (χ1n) is 8.37. The van der Waals surface area contributed by atoms with Crippen LogP contribution in [0.25, 0.3) is 0 Å². The molecule has 2 aromatic carbocycles. The predicted octanol–water partition coefficient (Wildman–Crippen LogP) is 2.77. The van der Waals surface area contributed by atoms with Gasteiger partial charge in [0.25, 0.3) is 5.91 Å². The first kappa shape index (κ1) is 17.0. The van der Waals surface area contributed by atoms with Gasteiger partial charge in [0.15, 0.2) is 6.61 Å². The molecule has 5 heteroatoms. The van der Waals surface area contributed by atoms with E-state index < -0.39 is 0 Å². The van der Waals surface area contributed by atoms with Crippen LogP contribution >= 0.6 is 0 Å². The lowest BCUT2D eigenvalue weighted by Gasteiger charge is -2.29. The number of anilines is 1. The zero-order valence-electron chi connectivity index (χ0n) is 14.6. The number of aryl methyl sites for hydroxylation is 1. The number of fused-ring (bicyclic) bond motifs is 1. The summed E-state index contributed by atoms with van der Waals surface area (Å²) in [4.78, 5) is 28.0. The molecule has 0 aliphatic carbocycles. The molecule has 1 aliphatic heterocycles. The highest BCUT2D eigenvalue weighted by atomic mass is 16.5. The van der Waals surface area contributed by atoms with Gasteiger partial charge in [-0.05, 0) is 30.2 Å². The van der Waals surface area contributed by atoms with Crippen LogP contribution in [0.3, 0.4) is 0 Å². The summed E-state index contributed by atoms with van der Waals surface area (Å²) in [6.45, 7) is 2.98. The molecule has 0 fully saturated rings. The van der Waals surface area contributed by atoms with E-state index in [0.29, 0.717) is 18.8 Å². The Morgan fingerprint density at radius 2 is 1.88 bits per heavy atom. The number of carbonyl (C=O) groups is 2. The molecule has 0 bridgehead atoms. The van der Waals surface area contributed by atoms with Crippen molar-refractivity contribution in [3.8, 4) is 5.75 Å². The summed E-state index contributed by atoms with van der Waals surface area (Å²) in [6, 6.07) is 15.4. The second-order valence-corrected chi connectivity index (χ2v) is 6.23. The van der Waals surface area contributed by atoms with Crippen LogP contribution in [-0.4, -0.2) is 36.9 Å². The average Bonchev–Trinajstić information content (AvgIpc) is 2.62. The van der Waals surface area contributed by atoms with E-state index in [4.69, 9.17) is 4.74 Å². The normalized spacial score (nSPS) is 13.2. The van der Waals surface area contributed by atoms with Crippen molar-refractivity contribution in [2.75, 3.05) is 25.1 Å². The fourth-order valence-corrected chi connectivity index (χ4v) is 2.93. The lowest BCUT2D eigenvalue weighted by Crippen LogP contribution is -2.41. The summed E-state index contributed by atoms with van der Waals surface area (Å²) in [5.41, 5.74) is 3.03. The van der Waals surface area contributed by atoms with Gasteiger partial charge in [-0.25, -0.2) is 0 Å². The molecule has 1 heterocycles. The number of para-hydroxylation sites is 2. The van der Waals surface area contributed by atoms with E-state index in [1.807, 2.05) is 55.5 Å². The van der Waals surface area contributed by atoms with Gasteiger partial charge in [-0.15, -0.1) is 0 Å². The number of ether oxygens (including phenoxy) is 1. The van der Waals surface area contributed by atoms with Gasteiger partial charge in [-0.3, -0.25) is 9.59 Å². The first-order valence-corrected chi connectivity index (χ1v) is 8.37. The van der Waals surface area contributed by atoms with Crippen molar-refractivity contribution in [1.29, 1.82) is 0 Å². The predicted molar refractivity (Wildman–Crippen MR) is 96.6 cm³/mol. The minimum atomic E-state index is -0.118. The molecule has 0 spiro atoms. The highest BCUT2D eigenvalue weighted by molar-refractivity contribution is 5.98. The Labute approximate surface area is 147 Å². The van der Waals surface area contributed by atoms with E-state index in [1.165, 1.54) is 5.56 Å². The number of hydrogen-bond donors (Lipinski definition) is 0. The second kappa shape index (κ2) is 7.38. The molecule has 0 saturated carbocycles. The molecule has 5 nitrogen and oxygen atoms in total. The van der Waals surface area contributed by atoms with Crippen molar-refractivity contribution in [2.45, 2.75) is 19.9 Å². The third-order valence-corrected chi connectivity index (χ3v) is 4.45. The van der Waals surface area contributed by atoms with Crippen molar-refractivity contribution in [2.24, 2.45) is 0 Å². The van der Waals surface area contributed by atoms with E-state index in [9.17, 15) is 9.59 Å². The largest absolute Gasteiger partial charge is 0.482 e. The number of carbonyl (C=O) groups excluding carboxylic acids is 2. The van der Waals surface area contributed by atoms with Crippen LogP contribution in [0.4, 0.5) is 5.69 Å². The van der Waals surface area contributed by atoms with Crippen LogP contribution in [-0.2, 0) is 16.1 Å². The molecule has 0 aromatic heterocycles. The summed E-state index contributed by atoms with van der Waals surface area (Å²) >= 11 is 0. The number of rotatable bonds is 5. The van der Waals surface area contributed by atoms with Crippen LogP contribution in [0.15, 0.2) is 48.5 Å². The van der Waals surface area contributed by atoms with Gasteiger partial charge in [0.1, 0.15) is 5.75 Å². The first-order chi connectivity index (χ1) is 12.1. The zero-order valence-corrected chi connectivity index (χ0v) is 14.6. The van der Waals surface area contributed by atoms with Crippen LogP contribution in [0.1, 0.15) is 17.5 Å². The van der Waals surface area contributed by atoms with Crippen LogP contribution < -0.4 is 9.64 Å². The number of amides is 2. The fourth-order valence-electron chi connectivity index (χ4n) is 2.93. The van der Waals surface area contributed by atoms with Gasteiger partial charge in [-0.2, -0.15) is 0 Å². The highest BCUT2D eigenvalue weighted by Crippen LogP contribution is 2.31. The lowest BCUT2D eigenvalue weighted by molar-refractivity contribution is -0.130. The standard InChI is InChI=1S/C20H22N2O3/c1-15-7-3-4-8-16(15)13-21(2)19(23)11-12-22-17-9-5-6-10-18(17)25-14-20(22)24/h3-10H,11-14H2,1-2H3. The lowest BCUT2D eigenvalue weighted by atomic mass is 10.1. The fraction of sp³-hybridized carbons (Fsp3) is 0.300. The maximum absolute atomic E-state index is 12.5. The molecular formula is C20H22N2O3. The van der Waals surface area contributed by atoms with Crippen molar-refractivity contribution in [3.63, 3.8) is 0 Å². The Balaban J connectivity index is 1.62. The van der Waals surface area contributed by atoms with Gasteiger partial charge < -0.3 is 14.5 Å². The van der Waals surface area contributed by atoms with Crippen LogP contribution in [0.2, 0.25) is 0 Å². The minimum absolute atomic E-state index is 0.0139. The summed E-state index contributed by atoms with van der Waals surface area (Å²) in [5.74, 6) is 0.580. The van der Waals surface area contributed by atoms with Crippen LogP contribution in [0.5, 0.6) is 5.75 Å². The van der Waals surface area contributed by atoms with E-state index >= 15 is 0 Å². The summed E-state index contributed by atoms with van der Waals surface area (Å²) in [7, 11) is 1.80. The van der Waals surface area contributed by atoms with E-state index in [-0.39, 0.29) is 24.8 Å². The third kappa shape index (κ3) is 3.82. The monoisotopic (exact) mass is 338 g/mol. The molecule has 0 unspecified atom stereocenters. The maximum Gasteiger partial charge on any atom is 0.265 e. The third-order valence-electron chi connectivity index (χ3n) is 4.45. The molecular weight excluding hydrogens is 316 g/mol. The molecule has 0 atom stereocenters. The van der Waals surface area contributed by atoms with E-state index in [2.05, 4.69) is 0 Å². The Morgan fingerprint density at radius 1 is 1.16 bits per heavy atom. The van der Waals surface area contributed by atoms with Crippen molar-refractivity contribution >= 4 is 17.5 Å². The van der Waals surface area contributed by atoms with Gasteiger partial charge in [-0.1, -0.05) is 36.4 Å². The SMILES string of the molecule is Cc1ccccc1CN(C)C(=O)CCN1C(=O)COc2ccccc21. The molecule has 130 valence electrons. The minimum Gasteiger partial charge on any atom is -0.482 e. The maximum atomic E-state index is 12.5. The van der Waals surface area contributed by atoms with Gasteiger partial charge in [0.2, 0.25) is 5.91 Å². The Bertz CT molecular complexity index is 788. The van der Waals surface area contributed by atoms with Crippen molar-refractivity contribution < 1.29 is 14.3 Å². The number of hydrogen-bond acceptors (Lipinski definition) is 3. The topological polar surface area (TPSA) is 49.9 Å². The summed E-state index contributed by atoms with van der Waals surface area (Å²) in [5, 5.41) is 0. The van der Waals surface area contributed by atoms with E-state index in [1.54, 1.807) is 16.8 Å². The molecule has 3 rings (SSSR count). The number of benzene rings is 2. The Kier molecular flexibility index (Phi) is 5.03. The van der Waals surface area contributed by atoms with Gasteiger partial charge in [0.05, 0.1) is 5.69 Å². The molecule has 0 radical (unpaired) electrons. The number of nitrogens with zero attached hydrogens (tertiary/aromatic N) is 2. The molecule has 0 N–H and O–H groups in total. The average molecular weight is 338 g/mol. The van der Waals surface area contributed by atoms with Gasteiger partial charge in [0, 0.05) is 26.6 Å². The van der Waals surface area contributed by atoms with Crippen LogP contribution in [0, 0.1) is 6.92 Å². The highest BCUT2D eigenvalue weighted by Gasteiger charge is 2.25. The zero-order chi connectivity index (χ0) is 17.8. The molecule has 1 aliphatic rings. The van der Waals surface area contributed by atoms with E-state index in [0.717, 1.165) is 11.3 Å². The Morgan fingerprint density at radius 3 is 2.68 bits per heavy atom. The summed E-state index contributed by atoms with van der Waals surface area (Å²) in [6.07, 6.45) is 0.280. The Hall–Kier alpha value is -2.82. The molecule has 0 saturated heterocycles.